The van der Waals surface area contributed by atoms with E-state index in [1.54, 1.807) is 42.7 Å². The molecule has 0 saturated heterocycles. The van der Waals surface area contributed by atoms with Gasteiger partial charge in [0.1, 0.15) is 17.5 Å². The third-order valence-electron chi connectivity index (χ3n) is 4.51. The fourth-order valence-electron chi connectivity index (χ4n) is 3.15. The predicted octanol–water partition coefficient (Wildman–Crippen LogP) is 5.09. The van der Waals surface area contributed by atoms with Crippen molar-refractivity contribution in [2.45, 2.75) is 13.8 Å². The van der Waals surface area contributed by atoms with Gasteiger partial charge in [-0.05, 0) is 55.8 Å². The van der Waals surface area contributed by atoms with E-state index in [2.05, 4.69) is 0 Å². The van der Waals surface area contributed by atoms with Crippen LogP contribution in [-0.2, 0) is 0 Å². The lowest BCUT2D eigenvalue weighted by Crippen LogP contribution is -2.06. The van der Waals surface area contributed by atoms with Gasteiger partial charge in [0.25, 0.3) is 0 Å². The normalized spacial score (nSPS) is 11.3. The van der Waals surface area contributed by atoms with Gasteiger partial charge in [0.2, 0.25) is 5.78 Å². The quantitative estimate of drug-likeness (QED) is 0.271. The molecule has 3 aromatic rings. The van der Waals surface area contributed by atoms with Gasteiger partial charge < -0.3 is 14.8 Å². The Labute approximate surface area is 171 Å². The minimum Gasteiger partial charge on any atom is -0.504 e. The fourth-order valence-corrected chi connectivity index (χ4v) is 3.37. The van der Waals surface area contributed by atoms with Crippen molar-refractivity contribution >= 4 is 23.5 Å². The highest BCUT2D eigenvalue weighted by molar-refractivity contribution is 6.32. The first-order valence-electron chi connectivity index (χ1n) is 8.56. The molecule has 0 aliphatic heterocycles. The standard InChI is InChI=1S/C22H16ClFN2O3/c1-12-7-16(13(2)26(12)19-6-4-3-5-18(19)24)21(28)15(11-25)8-14-9-17(23)22(29)20(27)10-14/h3-10,27,29H,1-2H3/b15-8+. The van der Waals surface area contributed by atoms with Crippen molar-refractivity contribution in [1.82, 2.24) is 4.57 Å². The Morgan fingerprint density at radius 2 is 1.90 bits per heavy atom. The minimum atomic E-state index is -0.549. The number of rotatable bonds is 4. The summed E-state index contributed by atoms with van der Waals surface area (Å²) in [5.41, 5.74) is 1.77. The summed E-state index contributed by atoms with van der Waals surface area (Å²) in [5.74, 6) is -1.93. The molecule has 0 aliphatic carbocycles. The molecule has 0 saturated carbocycles. The maximum absolute atomic E-state index is 14.2. The van der Waals surface area contributed by atoms with Crippen molar-refractivity contribution in [3.63, 3.8) is 0 Å². The third-order valence-corrected chi connectivity index (χ3v) is 4.80. The number of phenols is 2. The van der Waals surface area contributed by atoms with Crippen LogP contribution in [0.4, 0.5) is 4.39 Å². The highest BCUT2D eigenvalue weighted by Crippen LogP contribution is 2.35. The number of para-hydroxylation sites is 1. The summed E-state index contributed by atoms with van der Waals surface area (Å²) < 4.78 is 15.9. The van der Waals surface area contributed by atoms with Crippen molar-refractivity contribution in [2.24, 2.45) is 0 Å². The number of hydrogen-bond acceptors (Lipinski definition) is 4. The number of aromatic hydroxyl groups is 2. The van der Waals surface area contributed by atoms with E-state index in [9.17, 15) is 24.7 Å². The summed E-state index contributed by atoms with van der Waals surface area (Å²) in [6.45, 7) is 3.41. The number of phenolic OH excluding ortho intramolecular Hbond substituents is 2. The summed E-state index contributed by atoms with van der Waals surface area (Å²) in [7, 11) is 0. The van der Waals surface area contributed by atoms with E-state index >= 15 is 0 Å². The van der Waals surface area contributed by atoms with E-state index in [-0.39, 0.29) is 21.7 Å². The lowest BCUT2D eigenvalue weighted by Gasteiger charge is -2.10. The Hall–Kier alpha value is -3.56. The molecule has 7 heteroatoms. The van der Waals surface area contributed by atoms with E-state index in [0.29, 0.717) is 17.1 Å². The van der Waals surface area contributed by atoms with Crippen molar-refractivity contribution < 1.29 is 19.4 Å². The summed E-state index contributed by atoms with van der Waals surface area (Å²) in [5, 5.41) is 28.6. The smallest absolute Gasteiger partial charge is 0.205 e. The number of allylic oxidation sites excluding steroid dienone is 1. The number of aromatic nitrogens is 1. The predicted molar refractivity (Wildman–Crippen MR) is 108 cm³/mol. The lowest BCUT2D eigenvalue weighted by molar-refractivity contribution is 0.103. The first-order valence-corrected chi connectivity index (χ1v) is 8.94. The van der Waals surface area contributed by atoms with Crippen molar-refractivity contribution in [2.75, 3.05) is 0 Å². The molecule has 0 aliphatic rings. The van der Waals surface area contributed by atoms with Crippen molar-refractivity contribution in [3.8, 4) is 23.3 Å². The number of hydrogen-bond donors (Lipinski definition) is 2. The molecule has 3 rings (SSSR count). The van der Waals surface area contributed by atoms with E-state index in [0.717, 1.165) is 0 Å². The summed E-state index contributed by atoms with van der Waals surface area (Å²) in [6.07, 6.45) is 1.27. The van der Waals surface area contributed by atoms with Crippen LogP contribution in [0.5, 0.6) is 11.5 Å². The molecule has 29 heavy (non-hydrogen) atoms. The largest absolute Gasteiger partial charge is 0.504 e. The number of nitriles is 1. The molecule has 0 fully saturated rings. The second kappa shape index (κ2) is 7.82. The number of benzene rings is 2. The van der Waals surface area contributed by atoms with E-state index in [1.165, 1.54) is 24.3 Å². The molecule has 146 valence electrons. The lowest BCUT2D eigenvalue weighted by atomic mass is 10.0. The van der Waals surface area contributed by atoms with E-state index in [1.807, 2.05) is 6.07 Å². The zero-order chi connectivity index (χ0) is 21.3. The molecule has 1 heterocycles. The summed E-state index contributed by atoms with van der Waals surface area (Å²) in [4.78, 5) is 13.0. The van der Waals surface area contributed by atoms with Crippen LogP contribution in [0.1, 0.15) is 27.3 Å². The molecule has 0 spiro atoms. The second-order valence-corrected chi connectivity index (χ2v) is 6.85. The Morgan fingerprint density at radius 3 is 2.52 bits per heavy atom. The minimum absolute atomic E-state index is 0.112. The topological polar surface area (TPSA) is 86.2 Å². The molecular formula is C22H16ClFN2O3. The zero-order valence-electron chi connectivity index (χ0n) is 15.6. The molecule has 2 aromatic carbocycles. The number of carbonyl (C=O) groups excluding carboxylic acids is 1. The average Bonchev–Trinajstić information content (AvgIpc) is 2.98. The molecule has 0 unspecified atom stereocenters. The maximum atomic E-state index is 14.2. The first kappa shape index (κ1) is 20.2. The number of ketones is 1. The van der Waals surface area contributed by atoms with E-state index in [4.69, 9.17) is 11.6 Å². The van der Waals surface area contributed by atoms with Gasteiger partial charge in [-0.25, -0.2) is 4.39 Å². The van der Waals surface area contributed by atoms with Crippen molar-refractivity contribution in [1.29, 1.82) is 5.26 Å². The summed E-state index contributed by atoms with van der Waals surface area (Å²) >= 11 is 5.83. The molecule has 5 nitrogen and oxygen atoms in total. The van der Waals surface area contributed by atoms with Gasteiger partial charge in [0.05, 0.1) is 10.7 Å². The van der Waals surface area contributed by atoms with Gasteiger partial charge >= 0.3 is 0 Å². The molecule has 2 N–H and O–H groups in total. The number of nitrogens with zero attached hydrogens (tertiary/aromatic N) is 2. The van der Waals surface area contributed by atoms with Gasteiger partial charge in [-0.2, -0.15) is 5.26 Å². The van der Waals surface area contributed by atoms with Gasteiger partial charge in [0, 0.05) is 17.0 Å². The molecular weight excluding hydrogens is 395 g/mol. The molecule has 0 amide bonds. The van der Waals surface area contributed by atoms with Crippen LogP contribution >= 0.6 is 11.6 Å². The summed E-state index contributed by atoms with van der Waals surface area (Å²) in [6, 6.07) is 12.2. The van der Waals surface area contributed by atoms with E-state index < -0.39 is 23.1 Å². The van der Waals surface area contributed by atoms with Crippen LogP contribution < -0.4 is 0 Å². The molecule has 0 radical (unpaired) electrons. The number of aryl methyl sites for hydroxylation is 1. The van der Waals surface area contributed by atoms with Gasteiger partial charge in [-0.3, -0.25) is 4.79 Å². The highest BCUT2D eigenvalue weighted by Gasteiger charge is 2.21. The number of Topliss-reactive ketones (excluding diaryl/α,β-unsaturated/α-hetero) is 1. The first-order chi connectivity index (χ1) is 13.7. The van der Waals surface area contributed by atoms with Crippen molar-refractivity contribution in [3.05, 3.63) is 81.4 Å². The Balaban J connectivity index is 2.07. The monoisotopic (exact) mass is 410 g/mol. The fraction of sp³-hybridized carbons (Fsp3) is 0.0909. The van der Waals surface area contributed by atoms with Crippen LogP contribution in [0, 0.1) is 31.0 Å². The number of halogens is 2. The van der Waals surface area contributed by atoms with Crippen LogP contribution in [0.3, 0.4) is 0 Å². The zero-order valence-corrected chi connectivity index (χ0v) is 16.3. The second-order valence-electron chi connectivity index (χ2n) is 6.44. The molecule has 1 aromatic heterocycles. The van der Waals surface area contributed by atoms with Crippen LogP contribution in [0.25, 0.3) is 11.8 Å². The third kappa shape index (κ3) is 3.73. The Morgan fingerprint density at radius 1 is 1.21 bits per heavy atom. The molecule has 0 bridgehead atoms. The maximum Gasteiger partial charge on any atom is 0.205 e. The van der Waals surface area contributed by atoms with Gasteiger partial charge in [0.15, 0.2) is 11.5 Å². The average molecular weight is 411 g/mol. The SMILES string of the molecule is Cc1cc(C(=O)/C(C#N)=C/c2cc(O)c(O)c(Cl)c2)c(C)n1-c1ccccc1F. The number of carbonyl (C=O) groups is 1. The van der Waals surface area contributed by atoms with Crippen LogP contribution in [-0.4, -0.2) is 20.6 Å². The Kier molecular flexibility index (Phi) is 5.44. The Bertz CT molecular complexity index is 1180. The van der Waals surface area contributed by atoms with Gasteiger partial charge in [-0.15, -0.1) is 0 Å². The molecule has 0 atom stereocenters. The van der Waals surface area contributed by atoms with Crippen LogP contribution in [0.15, 0.2) is 48.0 Å². The van der Waals surface area contributed by atoms with Crippen LogP contribution in [0.2, 0.25) is 5.02 Å². The highest BCUT2D eigenvalue weighted by atomic mass is 35.5. The van der Waals surface area contributed by atoms with Gasteiger partial charge in [-0.1, -0.05) is 23.7 Å².